The van der Waals surface area contributed by atoms with E-state index in [1.165, 1.54) is 23.3 Å². The van der Waals surface area contributed by atoms with E-state index in [-0.39, 0.29) is 11.5 Å². The highest BCUT2D eigenvalue weighted by molar-refractivity contribution is 7.91. The summed E-state index contributed by atoms with van der Waals surface area (Å²) in [4.78, 5) is 25.2. The lowest BCUT2D eigenvalue weighted by Crippen LogP contribution is -2.46. The number of carbonyl (C=O) groups excluding carboxylic acids is 1. The van der Waals surface area contributed by atoms with Crippen molar-refractivity contribution in [3.05, 3.63) is 22.4 Å². The highest BCUT2D eigenvalue weighted by atomic mass is 32.2. The molecule has 1 aromatic rings. The van der Waals surface area contributed by atoms with Gasteiger partial charge in [-0.15, -0.1) is 11.3 Å². The van der Waals surface area contributed by atoms with Crippen molar-refractivity contribution in [1.82, 2.24) is 10.2 Å². The molecule has 2 heterocycles. The number of thiophene rings is 1. The Morgan fingerprint density at radius 2 is 2.24 bits per heavy atom. The van der Waals surface area contributed by atoms with Gasteiger partial charge in [0.2, 0.25) is 0 Å². The normalized spacial score (nSPS) is 21.7. The molecule has 1 aromatic heterocycles. The number of urea groups is 1. The van der Waals surface area contributed by atoms with Crippen LogP contribution in [0.15, 0.2) is 17.5 Å². The summed E-state index contributed by atoms with van der Waals surface area (Å²) in [5, 5.41) is 13.4. The van der Waals surface area contributed by atoms with E-state index < -0.39 is 33.9 Å². The molecule has 0 spiro atoms. The molecule has 7 nitrogen and oxygen atoms in total. The smallest absolute Gasteiger partial charge is 0.331 e. The number of hydrogen-bond donors (Lipinski definition) is 2. The topological polar surface area (TPSA) is 104 Å². The molecule has 1 saturated heterocycles. The number of rotatable bonds is 4. The molecule has 2 amide bonds. The number of amides is 2. The minimum atomic E-state index is -3.10. The second kappa shape index (κ2) is 6.02. The molecule has 0 bridgehead atoms. The van der Waals surface area contributed by atoms with Crippen molar-refractivity contribution >= 4 is 33.2 Å². The molecular formula is C12H16N2O5S2. The van der Waals surface area contributed by atoms with E-state index in [1.807, 2.05) is 0 Å². The van der Waals surface area contributed by atoms with Crippen LogP contribution in [-0.2, 0) is 14.6 Å². The summed E-state index contributed by atoms with van der Waals surface area (Å²) in [5.41, 5.74) is 0. The Kier molecular flexibility index (Phi) is 4.52. The molecule has 2 N–H and O–H groups in total. The maximum Gasteiger partial charge on any atom is 0.331 e. The molecule has 1 fully saturated rings. The summed E-state index contributed by atoms with van der Waals surface area (Å²) in [6.07, 6.45) is 0.378. The fraction of sp³-hybridized carbons (Fsp3) is 0.500. The van der Waals surface area contributed by atoms with Crippen LogP contribution in [0.1, 0.15) is 17.3 Å². The quantitative estimate of drug-likeness (QED) is 0.845. The fourth-order valence-corrected chi connectivity index (χ4v) is 4.72. The van der Waals surface area contributed by atoms with Gasteiger partial charge in [0.1, 0.15) is 0 Å². The molecule has 0 aromatic carbocycles. The monoisotopic (exact) mass is 332 g/mol. The molecule has 2 atom stereocenters. The molecule has 2 rings (SSSR count). The van der Waals surface area contributed by atoms with E-state index in [9.17, 15) is 23.1 Å². The van der Waals surface area contributed by atoms with E-state index >= 15 is 0 Å². The first-order chi connectivity index (χ1) is 9.80. The molecule has 0 saturated carbocycles. The number of sulfone groups is 1. The lowest BCUT2D eigenvalue weighted by molar-refractivity contribution is -0.139. The first-order valence-corrected chi connectivity index (χ1v) is 9.00. The lowest BCUT2D eigenvalue weighted by atomic mass is 10.2. The Balaban J connectivity index is 2.04. The predicted octanol–water partition coefficient (Wildman–Crippen LogP) is 0.702. The lowest BCUT2D eigenvalue weighted by Gasteiger charge is -2.25. The first-order valence-electron chi connectivity index (χ1n) is 6.30. The Morgan fingerprint density at radius 1 is 1.52 bits per heavy atom. The second-order valence-corrected chi connectivity index (χ2v) is 8.11. The van der Waals surface area contributed by atoms with Gasteiger partial charge >= 0.3 is 12.0 Å². The first kappa shape index (κ1) is 15.8. The molecule has 9 heteroatoms. The van der Waals surface area contributed by atoms with Crippen LogP contribution >= 0.6 is 11.3 Å². The van der Waals surface area contributed by atoms with Crippen LogP contribution in [0.25, 0.3) is 0 Å². The summed E-state index contributed by atoms with van der Waals surface area (Å²) >= 11 is 1.24. The van der Waals surface area contributed by atoms with Crippen LogP contribution in [0, 0.1) is 0 Å². The van der Waals surface area contributed by atoms with E-state index in [4.69, 9.17) is 0 Å². The van der Waals surface area contributed by atoms with Gasteiger partial charge in [-0.05, 0) is 17.9 Å². The van der Waals surface area contributed by atoms with Crippen LogP contribution in [0.5, 0.6) is 0 Å². The molecule has 0 aliphatic carbocycles. The third-order valence-electron chi connectivity index (χ3n) is 3.42. The van der Waals surface area contributed by atoms with Gasteiger partial charge in [0.15, 0.2) is 15.9 Å². The Labute approximate surface area is 126 Å². The molecule has 1 aliphatic heterocycles. The largest absolute Gasteiger partial charge is 0.479 e. The van der Waals surface area contributed by atoms with Crippen molar-refractivity contribution in [2.24, 2.45) is 0 Å². The maximum atomic E-state index is 12.1. The van der Waals surface area contributed by atoms with Crippen molar-refractivity contribution in [1.29, 1.82) is 0 Å². The van der Waals surface area contributed by atoms with Crippen molar-refractivity contribution in [2.45, 2.75) is 18.5 Å². The van der Waals surface area contributed by atoms with Gasteiger partial charge in [0, 0.05) is 18.0 Å². The third kappa shape index (κ3) is 3.73. The summed E-state index contributed by atoms with van der Waals surface area (Å²) in [5.74, 6) is -1.17. The molecule has 2 unspecified atom stereocenters. The number of aliphatic carboxylic acids is 1. The van der Waals surface area contributed by atoms with Gasteiger partial charge in [-0.2, -0.15) is 0 Å². The molecule has 1 aliphatic rings. The van der Waals surface area contributed by atoms with Gasteiger partial charge < -0.3 is 15.3 Å². The summed E-state index contributed by atoms with van der Waals surface area (Å²) in [6, 6.07) is 1.21. The van der Waals surface area contributed by atoms with Crippen LogP contribution in [0.4, 0.5) is 4.79 Å². The van der Waals surface area contributed by atoms with Gasteiger partial charge in [-0.3, -0.25) is 0 Å². The van der Waals surface area contributed by atoms with Crippen molar-refractivity contribution in [3.63, 3.8) is 0 Å². The third-order valence-corrected chi connectivity index (χ3v) is 6.11. The summed E-state index contributed by atoms with van der Waals surface area (Å²) < 4.78 is 22.9. The molecule has 116 valence electrons. The standard InChI is InChI=1S/C12H16N2O5S2/c1-14(8-4-6-21(18,19)7-8)12(17)13-10(11(15)16)9-3-2-5-20-9/h2-3,5,8,10H,4,6-7H2,1H3,(H,13,17)(H,15,16). The van der Waals surface area contributed by atoms with Crippen LogP contribution in [-0.4, -0.2) is 55.0 Å². The van der Waals surface area contributed by atoms with Gasteiger partial charge in [0.25, 0.3) is 0 Å². The van der Waals surface area contributed by atoms with Crippen LogP contribution in [0.3, 0.4) is 0 Å². The number of nitrogens with zero attached hydrogens (tertiary/aromatic N) is 1. The molecule has 0 radical (unpaired) electrons. The van der Waals surface area contributed by atoms with Gasteiger partial charge in [0.05, 0.1) is 11.5 Å². The molecular weight excluding hydrogens is 316 g/mol. The zero-order valence-electron chi connectivity index (χ0n) is 11.4. The van der Waals surface area contributed by atoms with Crippen molar-refractivity contribution < 1.29 is 23.1 Å². The summed E-state index contributed by atoms with van der Waals surface area (Å²) in [7, 11) is -1.62. The summed E-state index contributed by atoms with van der Waals surface area (Å²) in [6.45, 7) is 0. The van der Waals surface area contributed by atoms with Crippen molar-refractivity contribution in [3.8, 4) is 0 Å². The highest BCUT2D eigenvalue weighted by Crippen LogP contribution is 2.21. The number of carboxylic acid groups (broad SMARTS) is 1. The highest BCUT2D eigenvalue weighted by Gasteiger charge is 2.34. The average Bonchev–Trinajstić information content (AvgIpc) is 3.03. The fourth-order valence-electron chi connectivity index (χ4n) is 2.18. The van der Waals surface area contributed by atoms with E-state index in [0.29, 0.717) is 11.3 Å². The minimum Gasteiger partial charge on any atom is -0.479 e. The van der Waals surface area contributed by atoms with E-state index in [0.717, 1.165) is 0 Å². The van der Waals surface area contributed by atoms with Crippen LogP contribution in [0.2, 0.25) is 0 Å². The second-order valence-electron chi connectivity index (χ2n) is 4.90. The number of nitrogens with one attached hydrogen (secondary N) is 1. The van der Waals surface area contributed by atoms with E-state index in [1.54, 1.807) is 17.5 Å². The Bertz CT molecular complexity index is 626. The van der Waals surface area contributed by atoms with E-state index in [2.05, 4.69) is 5.32 Å². The maximum absolute atomic E-state index is 12.1. The number of carbonyl (C=O) groups is 2. The Morgan fingerprint density at radius 3 is 2.71 bits per heavy atom. The van der Waals surface area contributed by atoms with Crippen LogP contribution < -0.4 is 5.32 Å². The Hall–Kier alpha value is -1.61. The van der Waals surface area contributed by atoms with Gasteiger partial charge in [-0.25, -0.2) is 18.0 Å². The van der Waals surface area contributed by atoms with Crippen molar-refractivity contribution in [2.75, 3.05) is 18.6 Å². The number of carboxylic acids is 1. The number of hydrogen-bond acceptors (Lipinski definition) is 5. The predicted molar refractivity (Wildman–Crippen MR) is 78.0 cm³/mol. The minimum absolute atomic E-state index is 0.0581. The SMILES string of the molecule is CN(C(=O)NC(C(=O)O)c1cccs1)C1CCS(=O)(=O)C1. The molecule has 21 heavy (non-hydrogen) atoms. The van der Waals surface area contributed by atoms with Gasteiger partial charge in [-0.1, -0.05) is 6.07 Å². The average molecular weight is 332 g/mol. The zero-order chi connectivity index (χ0) is 15.6. The zero-order valence-corrected chi connectivity index (χ0v) is 13.0.